The third-order valence-electron chi connectivity index (χ3n) is 1.78. The number of hydrogen-bond donors (Lipinski definition) is 0. The molecule has 0 aliphatic carbocycles. The largest absolute Gasteiger partial charge is 0.490 e. The van der Waals surface area contributed by atoms with Gasteiger partial charge in [-0.2, -0.15) is 0 Å². The van der Waals surface area contributed by atoms with E-state index in [1.54, 1.807) is 12.1 Å². The quantitative estimate of drug-likeness (QED) is 0.709. The molecule has 0 aliphatic rings. The Kier molecular flexibility index (Phi) is 4.09. The van der Waals surface area contributed by atoms with E-state index >= 15 is 0 Å². The molecule has 0 unspecified atom stereocenters. The Morgan fingerprint density at radius 2 is 1.80 bits per heavy atom. The van der Waals surface area contributed by atoms with Gasteiger partial charge in [0.15, 0.2) is 0 Å². The second-order valence-corrected chi connectivity index (χ2v) is 9.60. The van der Waals surface area contributed by atoms with Crippen LogP contribution in [0.4, 0.5) is 4.39 Å². The summed E-state index contributed by atoms with van der Waals surface area (Å²) >= 11 is 0. The van der Waals surface area contributed by atoms with Crippen LogP contribution in [0.25, 0.3) is 0 Å². The molecule has 0 fully saturated rings. The molecule has 1 nitrogen and oxygen atoms in total. The van der Waals surface area contributed by atoms with Gasteiger partial charge in [0.25, 0.3) is 0 Å². The molecule has 0 bridgehead atoms. The molecule has 1 aromatic rings. The molecule has 0 aromatic heterocycles. The molecule has 82 valence electrons. The highest BCUT2D eigenvalue weighted by atomic mass is 28.3. The molecule has 1 aromatic carbocycles. The van der Waals surface area contributed by atoms with Crippen molar-refractivity contribution in [1.29, 1.82) is 0 Å². The number of rotatable bonds is 4. The molecule has 0 heterocycles. The molecule has 0 amide bonds. The van der Waals surface area contributed by atoms with Crippen molar-refractivity contribution in [2.24, 2.45) is 0 Å². The van der Waals surface area contributed by atoms with E-state index in [-0.39, 0.29) is 5.82 Å². The topological polar surface area (TPSA) is 9.23 Å². The Morgan fingerprint density at radius 3 is 2.33 bits per heavy atom. The molecule has 15 heavy (non-hydrogen) atoms. The normalized spacial score (nSPS) is 12.0. The molecule has 0 saturated heterocycles. The Labute approximate surface area is 91.6 Å². The van der Waals surface area contributed by atoms with Gasteiger partial charge in [0, 0.05) is 0 Å². The summed E-state index contributed by atoms with van der Waals surface area (Å²) in [4.78, 5) is 0. The fourth-order valence-corrected chi connectivity index (χ4v) is 1.88. The van der Waals surface area contributed by atoms with Gasteiger partial charge in [-0.1, -0.05) is 31.4 Å². The van der Waals surface area contributed by atoms with Gasteiger partial charge in [0.1, 0.15) is 18.2 Å². The third-order valence-corrected chi connectivity index (χ3v) is 3.01. The van der Waals surface area contributed by atoms with Gasteiger partial charge in [0.05, 0.1) is 8.07 Å². The molecule has 0 atom stereocenters. The van der Waals surface area contributed by atoms with E-state index in [1.165, 1.54) is 12.1 Å². The van der Waals surface area contributed by atoms with Crippen LogP contribution in [0.2, 0.25) is 19.6 Å². The standard InChI is InChI=1S/C12H17FOSi/c1-15(2,3)10-4-9-14-12-7-5-11(13)6-8-12/h4-8,10H,9H2,1-3H3/b10-4+. The van der Waals surface area contributed by atoms with Crippen molar-refractivity contribution in [2.75, 3.05) is 6.61 Å². The zero-order chi connectivity index (χ0) is 11.3. The summed E-state index contributed by atoms with van der Waals surface area (Å²) in [5.74, 6) is 0.469. The fourth-order valence-electron chi connectivity index (χ4n) is 1.08. The van der Waals surface area contributed by atoms with Crippen LogP contribution in [0, 0.1) is 5.82 Å². The molecular formula is C12H17FOSi. The van der Waals surface area contributed by atoms with E-state index in [4.69, 9.17) is 4.74 Å². The Morgan fingerprint density at radius 1 is 1.20 bits per heavy atom. The van der Waals surface area contributed by atoms with Gasteiger partial charge >= 0.3 is 0 Å². The average molecular weight is 224 g/mol. The predicted molar refractivity (Wildman–Crippen MR) is 64.4 cm³/mol. The van der Waals surface area contributed by atoms with Crippen LogP contribution in [0.3, 0.4) is 0 Å². The first-order valence-corrected chi connectivity index (χ1v) is 8.61. The molecule has 0 saturated carbocycles. The molecule has 0 aliphatic heterocycles. The van der Waals surface area contributed by atoms with Crippen LogP contribution >= 0.6 is 0 Å². The van der Waals surface area contributed by atoms with Crippen LogP contribution in [-0.4, -0.2) is 14.7 Å². The maximum absolute atomic E-state index is 12.6. The summed E-state index contributed by atoms with van der Waals surface area (Å²) in [5.41, 5.74) is 2.23. The second-order valence-electron chi connectivity index (χ2n) is 4.53. The number of halogens is 1. The Bertz CT molecular complexity index is 324. The molecule has 1 rings (SSSR count). The van der Waals surface area contributed by atoms with E-state index < -0.39 is 8.07 Å². The summed E-state index contributed by atoms with van der Waals surface area (Å²) in [5, 5.41) is 0. The summed E-state index contributed by atoms with van der Waals surface area (Å²) in [7, 11) is -1.12. The van der Waals surface area contributed by atoms with E-state index in [2.05, 4.69) is 25.3 Å². The molecule has 0 N–H and O–H groups in total. The van der Waals surface area contributed by atoms with Gasteiger partial charge < -0.3 is 4.74 Å². The first-order valence-electron chi connectivity index (χ1n) is 5.03. The minimum absolute atomic E-state index is 0.236. The van der Waals surface area contributed by atoms with Gasteiger partial charge in [-0.25, -0.2) is 4.39 Å². The Balaban J connectivity index is 2.38. The first-order chi connectivity index (χ1) is 6.97. The summed E-state index contributed by atoms with van der Waals surface area (Å²) in [6, 6.07) is 6.07. The zero-order valence-electron chi connectivity index (χ0n) is 9.46. The number of hydrogen-bond acceptors (Lipinski definition) is 1. The van der Waals surface area contributed by atoms with E-state index in [9.17, 15) is 4.39 Å². The molecule has 0 spiro atoms. The van der Waals surface area contributed by atoms with Crippen LogP contribution in [-0.2, 0) is 0 Å². The molecular weight excluding hydrogens is 207 g/mol. The van der Waals surface area contributed by atoms with Crippen LogP contribution in [0.15, 0.2) is 36.0 Å². The van der Waals surface area contributed by atoms with Crippen molar-refractivity contribution < 1.29 is 9.13 Å². The van der Waals surface area contributed by atoms with Gasteiger partial charge in [-0.05, 0) is 24.3 Å². The minimum Gasteiger partial charge on any atom is -0.490 e. The average Bonchev–Trinajstić information content (AvgIpc) is 2.14. The third kappa shape index (κ3) is 5.37. The molecule has 0 radical (unpaired) electrons. The lowest BCUT2D eigenvalue weighted by Crippen LogP contribution is -2.15. The summed E-state index contributed by atoms with van der Waals surface area (Å²) < 4.78 is 18.0. The van der Waals surface area contributed by atoms with Crippen LogP contribution in [0.5, 0.6) is 5.75 Å². The number of ether oxygens (including phenoxy) is 1. The highest BCUT2D eigenvalue weighted by molar-refractivity contribution is 6.80. The van der Waals surface area contributed by atoms with E-state index in [1.807, 2.05) is 6.08 Å². The summed E-state index contributed by atoms with van der Waals surface area (Å²) in [6.07, 6.45) is 2.04. The fraction of sp³-hybridized carbons (Fsp3) is 0.333. The second kappa shape index (κ2) is 5.12. The van der Waals surface area contributed by atoms with Crippen LogP contribution in [0.1, 0.15) is 0 Å². The lowest BCUT2D eigenvalue weighted by atomic mass is 10.3. The molecule has 3 heteroatoms. The van der Waals surface area contributed by atoms with Crippen molar-refractivity contribution in [3.8, 4) is 5.75 Å². The van der Waals surface area contributed by atoms with Gasteiger partial charge in [0.2, 0.25) is 0 Å². The lowest BCUT2D eigenvalue weighted by molar-refractivity contribution is 0.362. The van der Waals surface area contributed by atoms with E-state index in [0.717, 1.165) is 0 Å². The summed E-state index contributed by atoms with van der Waals surface area (Å²) in [6.45, 7) is 7.35. The smallest absolute Gasteiger partial charge is 0.123 e. The monoisotopic (exact) mass is 224 g/mol. The van der Waals surface area contributed by atoms with Crippen molar-refractivity contribution in [3.63, 3.8) is 0 Å². The van der Waals surface area contributed by atoms with Gasteiger partial charge in [-0.3, -0.25) is 0 Å². The van der Waals surface area contributed by atoms with Crippen molar-refractivity contribution in [1.82, 2.24) is 0 Å². The van der Waals surface area contributed by atoms with Crippen molar-refractivity contribution in [2.45, 2.75) is 19.6 Å². The van der Waals surface area contributed by atoms with Crippen LogP contribution < -0.4 is 4.74 Å². The lowest BCUT2D eigenvalue weighted by Gasteiger charge is -2.08. The van der Waals surface area contributed by atoms with Gasteiger partial charge in [-0.15, -0.1) is 0 Å². The number of benzene rings is 1. The maximum Gasteiger partial charge on any atom is 0.123 e. The van der Waals surface area contributed by atoms with Crippen molar-refractivity contribution >= 4 is 8.07 Å². The first kappa shape index (κ1) is 12.0. The SMILES string of the molecule is C[Si](C)(C)/C=C/COc1ccc(F)cc1. The highest BCUT2D eigenvalue weighted by Gasteiger charge is 2.05. The van der Waals surface area contributed by atoms with E-state index in [0.29, 0.717) is 12.4 Å². The predicted octanol–water partition coefficient (Wildman–Crippen LogP) is 3.64. The van der Waals surface area contributed by atoms with Crippen molar-refractivity contribution in [3.05, 3.63) is 41.9 Å². The minimum atomic E-state index is -1.12. The Hall–Kier alpha value is -1.09. The zero-order valence-corrected chi connectivity index (χ0v) is 10.5. The maximum atomic E-state index is 12.6. The highest BCUT2D eigenvalue weighted by Crippen LogP contribution is 2.11.